The molecule has 0 aromatic carbocycles. The number of ether oxygens (including phenoxy) is 1. The molecule has 1 rings (SSSR count). The maximum atomic E-state index is 11.1. The van der Waals surface area contributed by atoms with E-state index in [2.05, 4.69) is 10.1 Å². The second kappa shape index (κ2) is 3.75. The summed E-state index contributed by atoms with van der Waals surface area (Å²) in [5.41, 5.74) is 0.963. The predicted octanol–water partition coefficient (Wildman–Crippen LogP) is 0.380. The first kappa shape index (κ1) is 9.31. The molecular formula is C8H10N2O3. The van der Waals surface area contributed by atoms with Gasteiger partial charge in [-0.15, -0.1) is 0 Å². The molecule has 13 heavy (non-hydrogen) atoms. The molecule has 0 saturated heterocycles. The van der Waals surface area contributed by atoms with E-state index in [4.69, 9.17) is 0 Å². The van der Waals surface area contributed by atoms with Crippen molar-refractivity contribution in [1.29, 1.82) is 0 Å². The minimum absolute atomic E-state index is 0.395. The van der Waals surface area contributed by atoms with Gasteiger partial charge < -0.3 is 14.6 Å². The highest BCUT2D eigenvalue weighted by Crippen LogP contribution is 2.12. The fraction of sp³-hybridized carbons (Fsp3) is 0.250. The fourth-order valence-corrected chi connectivity index (χ4v) is 1.02. The van der Waals surface area contributed by atoms with Crippen LogP contribution < -0.4 is 5.32 Å². The molecule has 0 unspecified atom stereocenters. The number of hydrogen-bond donors (Lipinski definition) is 1. The Kier molecular flexibility index (Phi) is 2.69. The molecule has 0 aliphatic heterocycles. The van der Waals surface area contributed by atoms with Crippen molar-refractivity contribution in [3.05, 3.63) is 18.0 Å². The predicted molar refractivity (Wildman–Crippen MR) is 46.4 cm³/mol. The van der Waals surface area contributed by atoms with Crippen molar-refractivity contribution in [1.82, 2.24) is 4.57 Å². The number of hydrogen-bond acceptors (Lipinski definition) is 3. The molecule has 0 aliphatic carbocycles. The van der Waals surface area contributed by atoms with E-state index in [9.17, 15) is 9.59 Å². The summed E-state index contributed by atoms with van der Waals surface area (Å²) >= 11 is 0. The highest BCUT2D eigenvalue weighted by Gasteiger charge is 2.10. The quantitative estimate of drug-likeness (QED) is 0.543. The zero-order valence-electron chi connectivity index (χ0n) is 7.40. The van der Waals surface area contributed by atoms with E-state index < -0.39 is 5.97 Å². The lowest BCUT2D eigenvalue weighted by atomic mass is 10.4. The normalized spacial score (nSPS) is 9.38. The number of nitrogens with zero attached hydrogens (tertiary/aromatic N) is 1. The van der Waals surface area contributed by atoms with Crippen molar-refractivity contribution < 1.29 is 14.3 Å². The van der Waals surface area contributed by atoms with E-state index >= 15 is 0 Å². The van der Waals surface area contributed by atoms with Gasteiger partial charge in [0.25, 0.3) is 0 Å². The van der Waals surface area contributed by atoms with Crippen molar-refractivity contribution >= 4 is 18.1 Å². The van der Waals surface area contributed by atoms with Gasteiger partial charge in [0.15, 0.2) is 0 Å². The fourth-order valence-electron chi connectivity index (χ4n) is 1.02. The van der Waals surface area contributed by atoms with E-state index in [1.807, 2.05) is 0 Å². The van der Waals surface area contributed by atoms with Gasteiger partial charge in [0, 0.05) is 13.2 Å². The van der Waals surface area contributed by atoms with Crippen molar-refractivity contribution in [2.24, 2.45) is 7.05 Å². The number of esters is 1. The summed E-state index contributed by atoms with van der Waals surface area (Å²) in [5, 5.41) is 2.44. The number of carbonyl (C=O) groups excluding carboxylic acids is 2. The highest BCUT2D eigenvalue weighted by atomic mass is 16.5. The maximum absolute atomic E-state index is 11.1. The van der Waals surface area contributed by atoms with Crippen LogP contribution in [0.4, 0.5) is 5.69 Å². The lowest BCUT2D eigenvalue weighted by Gasteiger charge is -1.98. The van der Waals surface area contributed by atoms with E-state index in [1.165, 1.54) is 7.11 Å². The number of carbonyl (C=O) groups is 2. The molecule has 1 aromatic rings. The Bertz CT molecular complexity index is 330. The molecular weight excluding hydrogens is 172 g/mol. The molecule has 70 valence electrons. The largest absolute Gasteiger partial charge is 0.464 e. The number of aromatic nitrogens is 1. The maximum Gasteiger partial charge on any atom is 0.354 e. The van der Waals surface area contributed by atoms with Gasteiger partial charge >= 0.3 is 5.97 Å². The summed E-state index contributed by atoms with van der Waals surface area (Å²) < 4.78 is 6.11. The molecule has 0 aliphatic rings. The van der Waals surface area contributed by atoms with E-state index in [1.54, 1.807) is 23.9 Å². The number of aryl methyl sites for hydroxylation is 1. The lowest BCUT2D eigenvalue weighted by molar-refractivity contribution is -0.105. The standard InChI is InChI=1S/C8H10N2O3/c1-10-4-6(9-5-11)3-7(10)8(12)13-2/h3-5H,1-2H3,(H,9,11). The first-order chi connectivity index (χ1) is 6.19. The molecule has 1 amide bonds. The van der Waals surface area contributed by atoms with Crippen LogP contribution in [0.5, 0.6) is 0 Å². The molecule has 5 nitrogen and oxygen atoms in total. The van der Waals surface area contributed by atoms with Gasteiger partial charge in [-0.1, -0.05) is 0 Å². The van der Waals surface area contributed by atoms with Crippen LogP contribution in [0.15, 0.2) is 12.3 Å². The van der Waals surface area contributed by atoms with Crippen molar-refractivity contribution in [2.45, 2.75) is 0 Å². The zero-order chi connectivity index (χ0) is 9.84. The van der Waals surface area contributed by atoms with E-state index in [0.29, 0.717) is 17.8 Å². The Morgan fingerprint density at radius 2 is 2.38 bits per heavy atom. The Balaban J connectivity index is 2.95. The number of anilines is 1. The average Bonchev–Trinajstić information content (AvgIpc) is 2.46. The van der Waals surface area contributed by atoms with Crippen LogP contribution in [0.2, 0.25) is 0 Å². The third-order valence-electron chi connectivity index (χ3n) is 1.63. The van der Waals surface area contributed by atoms with E-state index in [0.717, 1.165) is 0 Å². The third kappa shape index (κ3) is 1.87. The smallest absolute Gasteiger partial charge is 0.354 e. The summed E-state index contributed by atoms with van der Waals surface area (Å²) in [6, 6.07) is 1.54. The molecule has 0 spiro atoms. The second-order valence-corrected chi connectivity index (χ2v) is 2.48. The molecule has 1 N–H and O–H groups in total. The Hall–Kier alpha value is -1.78. The molecule has 1 aromatic heterocycles. The van der Waals surface area contributed by atoms with Crippen molar-refractivity contribution in [2.75, 3.05) is 12.4 Å². The number of nitrogens with one attached hydrogen (secondary N) is 1. The second-order valence-electron chi connectivity index (χ2n) is 2.48. The highest BCUT2D eigenvalue weighted by molar-refractivity contribution is 5.90. The summed E-state index contributed by atoms with van der Waals surface area (Å²) in [6.45, 7) is 0. The molecule has 0 fully saturated rings. The molecule has 0 radical (unpaired) electrons. The molecule has 5 heteroatoms. The first-order valence-corrected chi connectivity index (χ1v) is 3.64. The Labute approximate surface area is 75.3 Å². The molecule has 1 heterocycles. The Morgan fingerprint density at radius 1 is 1.69 bits per heavy atom. The third-order valence-corrected chi connectivity index (χ3v) is 1.63. The monoisotopic (exact) mass is 182 g/mol. The van der Waals surface area contributed by atoms with Crippen LogP contribution in [0, 0.1) is 0 Å². The number of rotatable bonds is 3. The molecule has 0 saturated carbocycles. The minimum atomic E-state index is -0.429. The van der Waals surface area contributed by atoms with Gasteiger partial charge in [0.05, 0.1) is 12.8 Å². The SMILES string of the molecule is COC(=O)c1cc(NC=O)cn1C. The lowest BCUT2D eigenvalue weighted by Crippen LogP contribution is -2.06. The topological polar surface area (TPSA) is 60.3 Å². The van der Waals surface area contributed by atoms with Crippen LogP contribution in [-0.4, -0.2) is 24.1 Å². The van der Waals surface area contributed by atoms with Crippen LogP contribution in [0.1, 0.15) is 10.5 Å². The van der Waals surface area contributed by atoms with Gasteiger partial charge in [-0.25, -0.2) is 4.79 Å². The van der Waals surface area contributed by atoms with Gasteiger partial charge in [-0.3, -0.25) is 4.79 Å². The van der Waals surface area contributed by atoms with Gasteiger partial charge in [-0.05, 0) is 6.07 Å². The van der Waals surface area contributed by atoms with Gasteiger partial charge in [0.2, 0.25) is 6.41 Å². The van der Waals surface area contributed by atoms with Crippen LogP contribution in [0.25, 0.3) is 0 Å². The molecule has 0 bridgehead atoms. The average molecular weight is 182 g/mol. The number of amides is 1. The van der Waals surface area contributed by atoms with Crippen LogP contribution in [0.3, 0.4) is 0 Å². The van der Waals surface area contributed by atoms with Crippen LogP contribution in [-0.2, 0) is 16.6 Å². The summed E-state index contributed by atoms with van der Waals surface area (Å²) in [5.74, 6) is -0.429. The van der Waals surface area contributed by atoms with Crippen molar-refractivity contribution in [3.63, 3.8) is 0 Å². The Morgan fingerprint density at radius 3 is 2.92 bits per heavy atom. The minimum Gasteiger partial charge on any atom is -0.464 e. The first-order valence-electron chi connectivity index (χ1n) is 3.64. The van der Waals surface area contributed by atoms with Gasteiger partial charge in [0.1, 0.15) is 5.69 Å². The number of methoxy groups -OCH3 is 1. The van der Waals surface area contributed by atoms with E-state index in [-0.39, 0.29) is 0 Å². The summed E-state index contributed by atoms with van der Waals surface area (Å²) in [7, 11) is 3.00. The summed E-state index contributed by atoms with van der Waals surface area (Å²) in [4.78, 5) is 21.2. The summed E-state index contributed by atoms with van der Waals surface area (Å²) in [6.07, 6.45) is 2.18. The molecule has 0 atom stereocenters. The van der Waals surface area contributed by atoms with Crippen molar-refractivity contribution in [3.8, 4) is 0 Å². The zero-order valence-corrected chi connectivity index (χ0v) is 7.40. The van der Waals surface area contributed by atoms with Gasteiger partial charge in [-0.2, -0.15) is 0 Å². The van der Waals surface area contributed by atoms with Crippen LogP contribution >= 0.6 is 0 Å².